The summed E-state index contributed by atoms with van der Waals surface area (Å²) in [5.41, 5.74) is 0.795. The number of hydrogen-bond acceptors (Lipinski definition) is 4. The molecule has 2 aliphatic heterocycles. The molecule has 3 unspecified atom stereocenters. The van der Waals surface area contributed by atoms with Gasteiger partial charge in [-0.3, -0.25) is 9.69 Å². The molecule has 2 saturated heterocycles. The highest BCUT2D eigenvalue weighted by Crippen LogP contribution is 2.26. The van der Waals surface area contributed by atoms with Crippen LogP contribution in [0.25, 0.3) is 11.0 Å². The lowest BCUT2D eigenvalue weighted by Gasteiger charge is -2.39. The summed E-state index contributed by atoms with van der Waals surface area (Å²) >= 11 is 0. The van der Waals surface area contributed by atoms with Gasteiger partial charge < -0.3 is 15.2 Å². The molecule has 6 nitrogen and oxygen atoms in total. The van der Waals surface area contributed by atoms with Crippen LogP contribution in [0.15, 0.2) is 12.1 Å². The van der Waals surface area contributed by atoms with E-state index in [0.717, 1.165) is 37.9 Å². The number of anilines is 1. The van der Waals surface area contributed by atoms with Crippen LogP contribution in [-0.2, 0) is 4.79 Å². The van der Waals surface area contributed by atoms with E-state index in [9.17, 15) is 13.6 Å². The summed E-state index contributed by atoms with van der Waals surface area (Å²) in [6.07, 6.45) is 6.35. The number of likely N-dealkylation sites (tertiary alicyclic amines) is 1. The van der Waals surface area contributed by atoms with Crippen LogP contribution in [0.2, 0.25) is 0 Å². The number of hydrogen-bond donors (Lipinski definition) is 2. The second kappa shape index (κ2) is 8.88. The van der Waals surface area contributed by atoms with Crippen molar-refractivity contribution in [2.75, 3.05) is 24.5 Å². The van der Waals surface area contributed by atoms with Crippen LogP contribution in [0.4, 0.5) is 14.7 Å². The lowest BCUT2D eigenvalue weighted by Crippen LogP contribution is -2.52. The Morgan fingerprint density at radius 2 is 1.87 bits per heavy atom. The number of fused-ring (bicyclic) bond motifs is 1. The van der Waals surface area contributed by atoms with Crippen LogP contribution in [-0.4, -0.2) is 58.5 Å². The quantitative estimate of drug-likeness (QED) is 0.778. The molecule has 2 aromatic rings. The van der Waals surface area contributed by atoms with E-state index in [2.05, 4.69) is 34.0 Å². The number of carbonyl (C=O) groups excluding carboxylic acids is 1. The summed E-state index contributed by atoms with van der Waals surface area (Å²) in [7, 11) is 0. The molecule has 1 aromatic heterocycles. The third-order valence-electron chi connectivity index (χ3n) is 6.63. The first kappa shape index (κ1) is 21.0. The largest absolute Gasteiger partial charge is 0.353 e. The van der Waals surface area contributed by atoms with Crippen LogP contribution in [0.5, 0.6) is 0 Å². The summed E-state index contributed by atoms with van der Waals surface area (Å²) in [6, 6.07) is 2.97. The maximum atomic E-state index is 13.5. The van der Waals surface area contributed by atoms with E-state index < -0.39 is 11.6 Å². The Hall–Kier alpha value is -2.22. The van der Waals surface area contributed by atoms with E-state index >= 15 is 0 Å². The van der Waals surface area contributed by atoms with Gasteiger partial charge in [-0.1, -0.05) is 6.42 Å². The van der Waals surface area contributed by atoms with E-state index in [1.54, 1.807) is 0 Å². The molecule has 0 spiro atoms. The second-order valence-corrected chi connectivity index (χ2v) is 8.71. The van der Waals surface area contributed by atoms with Crippen molar-refractivity contribution < 1.29 is 13.6 Å². The van der Waals surface area contributed by atoms with Crippen LogP contribution in [0.1, 0.15) is 52.4 Å². The molecule has 0 saturated carbocycles. The fraction of sp³-hybridized carbons (Fsp3) is 0.636. The van der Waals surface area contributed by atoms with Gasteiger partial charge in [-0.2, -0.15) is 0 Å². The molecule has 2 aliphatic rings. The third-order valence-corrected chi connectivity index (χ3v) is 6.63. The predicted octanol–water partition coefficient (Wildman–Crippen LogP) is 3.58. The van der Waals surface area contributed by atoms with Crippen LogP contribution < -0.4 is 10.2 Å². The van der Waals surface area contributed by atoms with E-state index in [-0.39, 0.29) is 11.9 Å². The SMILES string of the molecule is CC1CCCC(C)N1CCNC(=O)C1CCCCN1c1nc2cc(F)c(F)cc2[nH]1. The number of imidazole rings is 1. The molecule has 2 fully saturated rings. The lowest BCUT2D eigenvalue weighted by atomic mass is 9.97. The summed E-state index contributed by atoms with van der Waals surface area (Å²) < 4.78 is 27.1. The predicted molar refractivity (Wildman–Crippen MR) is 113 cm³/mol. The number of aromatic amines is 1. The molecule has 30 heavy (non-hydrogen) atoms. The highest BCUT2D eigenvalue weighted by atomic mass is 19.2. The molecule has 164 valence electrons. The number of rotatable bonds is 5. The molecular weight excluding hydrogens is 388 g/mol. The Bertz CT molecular complexity index is 852. The maximum Gasteiger partial charge on any atom is 0.242 e. The van der Waals surface area contributed by atoms with Crippen molar-refractivity contribution in [1.29, 1.82) is 0 Å². The van der Waals surface area contributed by atoms with E-state index in [1.807, 2.05) is 4.90 Å². The average Bonchev–Trinajstić information content (AvgIpc) is 3.13. The molecule has 2 N–H and O–H groups in total. The molecule has 3 heterocycles. The zero-order valence-electron chi connectivity index (χ0n) is 17.8. The van der Waals surface area contributed by atoms with Crippen LogP contribution in [0, 0.1) is 11.6 Å². The normalized spacial score (nSPS) is 25.6. The standard InChI is InChI=1S/C22H31F2N5O/c1-14-6-5-7-15(2)28(14)11-9-25-21(30)20-8-3-4-10-29(20)22-26-18-12-16(23)17(24)13-19(18)27-22/h12-15,20H,3-11H2,1-2H3,(H,25,30)(H,26,27). The van der Waals surface area contributed by atoms with Gasteiger partial charge in [-0.15, -0.1) is 0 Å². The molecule has 0 aliphatic carbocycles. The minimum absolute atomic E-state index is 0.00941. The number of piperidine rings is 2. The first-order chi connectivity index (χ1) is 14.4. The number of carbonyl (C=O) groups is 1. The molecule has 0 bridgehead atoms. The zero-order valence-corrected chi connectivity index (χ0v) is 17.8. The lowest BCUT2D eigenvalue weighted by molar-refractivity contribution is -0.123. The number of halogens is 2. The number of benzene rings is 1. The fourth-order valence-corrected chi connectivity index (χ4v) is 4.93. The summed E-state index contributed by atoms with van der Waals surface area (Å²) in [5, 5.41) is 3.11. The molecule has 0 radical (unpaired) electrons. The maximum absolute atomic E-state index is 13.5. The van der Waals surface area contributed by atoms with Crippen molar-refractivity contribution in [1.82, 2.24) is 20.2 Å². The number of aromatic nitrogens is 2. The summed E-state index contributed by atoms with van der Waals surface area (Å²) in [5.74, 6) is -1.35. The molecule has 1 aromatic carbocycles. The number of nitrogens with one attached hydrogen (secondary N) is 2. The zero-order chi connectivity index (χ0) is 21.3. The van der Waals surface area contributed by atoms with Gasteiger partial charge in [-0.05, 0) is 46.0 Å². The minimum Gasteiger partial charge on any atom is -0.353 e. The number of nitrogens with zero attached hydrogens (tertiary/aromatic N) is 3. The molecule has 3 atom stereocenters. The first-order valence-corrected chi connectivity index (χ1v) is 11.1. The monoisotopic (exact) mass is 419 g/mol. The van der Waals surface area contributed by atoms with Gasteiger partial charge in [0, 0.05) is 43.9 Å². The summed E-state index contributed by atoms with van der Waals surface area (Å²) in [4.78, 5) is 24.9. The van der Waals surface area contributed by atoms with Gasteiger partial charge in [0.25, 0.3) is 0 Å². The van der Waals surface area contributed by atoms with Gasteiger partial charge in [0.1, 0.15) is 6.04 Å². The molecule has 8 heteroatoms. The van der Waals surface area contributed by atoms with Crippen LogP contribution in [0.3, 0.4) is 0 Å². The van der Waals surface area contributed by atoms with Crippen molar-refractivity contribution in [2.24, 2.45) is 0 Å². The van der Waals surface area contributed by atoms with E-state index in [0.29, 0.717) is 42.2 Å². The van der Waals surface area contributed by atoms with Gasteiger partial charge in [0.15, 0.2) is 11.6 Å². The second-order valence-electron chi connectivity index (χ2n) is 8.71. The van der Waals surface area contributed by atoms with E-state index in [4.69, 9.17) is 0 Å². The Balaban J connectivity index is 1.42. The highest BCUT2D eigenvalue weighted by molar-refractivity contribution is 5.86. The van der Waals surface area contributed by atoms with Gasteiger partial charge in [0.05, 0.1) is 11.0 Å². The van der Waals surface area contributed by atoms with Gasteiger partial charge in [0.2, 0.25) is 11.9 Å². The number of amides is 1. The smallest absolute Gasteiger partial charge is 0.242 e. The molecule has 4 rings (SSSR count). The Labute approximate surface area is 176 Å². The van der Waals surface area contributed by atoms with E-state index in [1.165, 1.54) is 19.3 Å². The molecular formula is C22H31F2N5O. The topological polar surface area (TPSA) is 64.3 Å². The van der Waals surface area contributed by atoms with Crippen molar-refractivity contribution in [3.63, 3.8) is 0 Å². The Kier molecular flexibility index (Phi) is 6.22. The van der Waals surface area contributed by atoms with Crippen LogP contribution >= 0.6 is 0 Å². The van der Waals surface area contributed by atoms with Crippen molar-refractivity contribution in [3.8, 4) is 0 Å². The Morgan fingerprint density at radius 1 is 1.13 bits per heavy atom. The average molecular weight is 420 g/mol. The van der Waals surface area contributed by atoms with Crippen molar-refractivity contribution in [3.05, 3.63) is 23.8 Å². The first-order valence-electron chi connectivity index (χ1n) is 11.1. The van der Waals surface area contributed by atoms with Crippen molar-refractivity contribution in [2.45, 2.75) is 70.5 Å². The van der Waals surface area contributed by atoms with Gasteiger partial charge in [-0.25, -0.2) is 13.8 Å². The third kappa shape index (κ3) is 4.29. The number of H-pyrrole nitrogens is 1. The fourth-order valence-electron chi connectivity index (χ4n) is 4.93. The molecule has 1 amide bonds. The van der Waals surface area contributed by atoms with Crippen molar-refractivity contribution >= 4 is 22.9 Å². The minimum atomic E-state index is -0.922. The summed E-state index contributed by atoms with van der Waals surface area (Å²) in [6.45, 7) is 6.67. The van der Waals surface area contributed by atoms with Gasteiger partial charge >= 0.3 is 0 Å². The Morgan fingerprint density at radius 3 is 2.63 bits per heavy atom. The highest BCUT2D eigenvalue weighted by Gasteiger charge is 2.31.